The predicted octanol–water partition coefficient (Wildman–Crippen LogP) is 18.8. The number of carbonyl (C=O) groups is 6. The molecular formula is C78H70Cl4N6O13. The lowest BCUT2D eigenvalue weighted by Gasteiger charge is -2.11. The van der Waals surface area contributed by atoms with Crippen molar-refractivity contribution >= 4 is 148 Å². The highest BCUT2D eigenvalue weighted by Gasteiger charge is 2.23. The average molecular weight is 1440 g/mol. The summed E-state index contributed by atoms with van der Waals surface area (Å²) in [7, 11) is 0. The molecule has 518 valence electrons. The van der Waals surface area contributed by atoms with Gasteiger partial charge in [0.1, 0.15) is 18.6 Å². The van der Waals surface area contributed by atoms with E-state index in [0.717, 1.165) is 93.9 Å². The van der Waals surface area contributed by atoms with Crippen LogP contribution in [0.15, 0.2) is 191 Å². The number of benzene rings is 8. The maximum Gasteiger partial charge on any atom is 0.332 e. The van der Waals surface area contributed by atoms with E-state index in [2.05, 4.69) is 43.6 Å². The predicted molar refractivity (Wildman–Crippen MR) is 394 cm³/mol. The minimum Gasteiger partial charge on any atom is -0.378 e. The van der Waals surface area contributed by atoms with Gasteiger partial charge in [0, 0.05) is 117 Å². The summed E-state index contributed by atoms with van der Waals surface area (Å²) in [5.41, 5.74) is 10.5. The fourth-order valence-corrected chi connectivity index (χ4v) is 12.5. The van der Waals surface area contributed by atoms with Crippen molar-refractivity contribution in [1.29, 1.82) is 0 Å². The molecule has 19 nitrogen and oxygen atoms in total. The number of ether oxygens (including phenoxy) is 1. The number of carbonyl (C=O) groups excluding carboxylic acids is 6. The molecule has 2 aromatic heterocycles. The molecule has 0 fully saturated rings. The number of hydrogen-bond donors (Lipinski definition) is 0. The van der Waals surface area contributed by atoms with Gasteiger partial charge in [-0.15, -0.1) is 0 Å². The van der Waals surface area contributed by atoms with Crippen molar-refractivity contribution in [3.63, 3.8) is 0 Å². The van der Waals surface area contributed by atoms with E-state index in [0.29, 0.717) is 73.0 Å². The van der Waals surface area contributed by atoms with E-state index in [9.17, 15) is 28.8 Å². The van der Waals surface area contributed by atoms with Crippen molar-refractivity contribution in [1.82, 2.24) is 9.13 Å². The van der Waals surface area contributed by atoms with Crippen LogP contribution in [0.5, 0.6) is 0 Å². The summed E-state index contributed by atoms with van der Waals surface area (Å²) >= 11 is 25.5. The van der Waals surface area contributed by atoms with Crippen molar-refractivity contribution in [2.24, 2.45) is 20.6 Å². The molecule has 8 aromatic carbocycles. The number of fused-ring (bicyclic) bond motifs is 6. The van der Waals surface area contributed by atoms with Crippen LogP contribution in [0, 0.1) is 0 Å². The third-order valence-electron chi connectivity index (χ3n) is 16.3. The van der Waals surface area contributed by atoms with E-state index >= 15 is 0 Å². The van der Waals surface area contributed by atoms with E-state index in [4.69, 9.17) is 80.3 Å². The molecule has 0 unspecified atom stereocenters. The number of oxime groups is 4. The summed E-state index contributed by atoms with van der Waals surface area (Å²) in [6, 6.07) is 47.1. The molecule has 0 aliphatic carbocycles. The number of nitrogens with zero attached hydrogens (tertiary/aromatic N) is 6. The van der Waals surface area contributed by atoms with Crippen LogP contribution in [0.3, 0.4) is 0 Å². The van der Waals surface area contributed by atoms with Crippen LogP contribution in [0.4, 0.5) is 0 Å². The Labute approximate surface area is 602 Å². The first-order chi connectivity index (χ1) is 48.8. The van der Waals surface area contributed by atoms with E-state index in [1.165, 1.54) is 52.2 Å². The molecule has 0 atom stereocenters. The van der Waals surface area contributed by atoms with Crippen molar-refractivity contribution in [2.45, 2.75) is 99.3 Å². The Morgan fingerprint density at radius 3 is 1.19 bits per heavy atom. The zero-order chi connectivity index (χ0) is 71.7. The Morgan fingerprint density at radius 2 is 0.772 bits per heavy atom. The maximum atomic E-state index is 14.1. The first-order valence-corrected chi connectivity index (χ1v) is 34.2. The summed E-state index contributed by atoms with van der Waals surface area (Å²) in [6.45, 7) is 9.43. The number of hydrogen-bond acceptors (Lipinski definition) is 17. The molecule has 0 saturated heterocycles. The smallest absolute Gasteiger partial charge is 0.332 e. The number of halogens is 4. The minimum atomic E-state index is -0.670. The number of allylic oxidation sites excluding steroid dienone is 1. The van der Waals surface area contributed by atoms with E-state index in [1.807, 2.05) is 97.1 Å². The third kappa shape index (κ3) is 18.5. The van der Waals surface area contributed by atoms with Gasteiger partial charge in [-0.25, -0.2) is 19.2 Å². The molecule has 0 saturated carbocycles. The molecule has 2 heterocycles. The van der Waals surface area contributed by atoms with Crippen LogP contribution in [0.2, 0.25) is 20.1 Å². The topological polar surface area (TPSA) is 226 Å². The lowest BCUT2D eigenvalue weighted by atomic mass is 10.00. The fraction of sp³-hybridized carbons (Fsp3) is 0.231. The third-order valence-corrected chi connectivity index (χ3v) is 17.4. The Balaban J connectivity index is 0.876. The number of rotatable bonds is 31. The second kappa shape index (κ2) is 34.8. The van der Waals surface area contributed by atoms with Crippen LogP contribution in [0.25, 0.3) is 55.0 Å². The Morgan fingerprint density at radius 1 is 0.396 bits per heavy atom. The fourth-order valence-electron chi connectivity index (χ4n) is 11.5. The van der Waals surface area contributed by atoms with Crippen molar-refractivity contribution in [3.05, 3.63) is 235 Å². The molecule has 0 N–H and O–H groups in total. The van der Waals surface area contributed by atoms with Crippen LogP contribution < -0.4 is 0 Å². The molecule has 0 aliphatic heterocycles. The zero-order valence-electron chi connectivity index (χ0n) is 56.2. The minimum absolute atomic E-state index is 0.0427. The second-order valence-electron chi connectivity index (χ2n) is 23.5. The summed E-state index contributed by atoms with van der Waals surface area (Å²) in [5.74, 6) is -2.96. The average Bonchev–Trinajstić information content (AvgIpc) is 1.60. The molecule has 0 bridgehead atoms. The molecule has 101 heavy (non-hydrogen) atoms. The highest BCUT2D eigenvalue weighted by Crippen LogP contribution is 2.38. The van der Waals surface area contributed by atoms with Crippen molar-refractivity contribution in [3.8, 4) is 11.4 Å². The molecule has 0 amide bonds. The Bertz CT molecular complexity index is 4960. The van der Waals surface area contributed by atoms with Crippen molar-refractivity contribution < 1.29 is 62.6 Å². The molecular weight excluding hydrogens is 1370 g/mol. The van der Waals surface area contributed by atoms with Crippen LogP contribution >= 0.6 is 46.4 Å². The van der Waals surface area contributed by atoms with Gasteiger partial charge in [0.2, 0.25) is 0 Å². The molecule has 0 aliphatic rings. The van der Waals surface area contributed by atoms with Gasteiger partial charge in [-0.3, -0.25) is 9.59 Å². The normalized spacial score (nSPS) is 12.3. The molecule has 10 aromatic rings. The maximum absolute atomic E-state index is 14.1. The number of ketones is 2. The van der Waals surface area contributed by atoms with Gasteiger partial charge in [0.25, 0.3) is 0 Å². The molecule has 10 rings (SSSR count). The van der Waals surface area contributed by atoms with Crippen LogP contribution in [-0.4, -0.2) is 87.2 Å². The summed E-state index contributed by atoms with van der Waals surface area (Å²) in [6.07, 6.45) is 9.81. The van der Waals surface area contributed by atoms with Gasteiger partial charge in [-0.2, -0.15) is 4.89 Å². The lowest BCUT2D eigenvalue weighted by molar-refractivity contribution is -0.254. The van der Waals surface area contributed by atoms with E-state index in [1.54, 1.807) is 48.5 Å². The largest absolute Gasteiger partial charge is 0.378 e. The summed E-state index contributed by atoms with van der Waals surface area (Å²) in [4.78, 5) is 108. The molecule has 0 spiro atoms. The van der Waals surface area contributed by atoms with Gasteiger partial charge in [-0.1, -0.05) is 143 Å². The summed E-state index contributed by atoms with van der Waals surface area (Å²) in [5, 5.41) is 20.9. The second-order valence-corrected chi connectivity index (χ2v) is 25.2. The highest BCUT2D eigenvalue weighted by molar-refractivity contribution is 6.38. The van der Waals surface area contributed by atoms with Crippen LogP contribution in [0.1, 0.15) is 153 Å². The monoisotopic (exact) mass is 1440 g/mol. The van der Waals surface area contributed by atoms with E-state index < -0.39 is 23.9 Å². The summed E-state index contributed by atoms with van der Waals surface area (Å²) < 4.78 is 10.1. The van der Waals surface area contributed by atoms with Crippen molar-refractivity contribution in [2.75, 3.05) is 19.8 Å². The van der Waals surface area contributed by atoms with E-state index in [-0.39, 0.29) is 64.7 Å². The highest BCUT2D eigenvalue weighted by atomic mass is 35.5. The number of unbranched alkanes of at least 4 members (excludes halogenated alkanes) is 4. The SMILES string of the molecule is CCCCC/C(=N\OC(C)=O)c1ccc(-n2c3ccc(C(=O)c4ccc(Cl)cc4Cl)cc3c3cc(/C(CCOCCOO/C=C\C(=N/OC(C)=O)c4ccc5c(c4)c4cc(C(=O)c6ccc(Cl)cc6Cl)ccc4n5-c4ccc(/C(CCCCC)=N/OC(C)=O)cc4)=N\OC(C)=O)ccc32)cc1. The first kappa shape index (κ1) is 73.6. The van der Waals surface area contributed by atoms with Gasteiger partial charge in [0.05, 0.1) is 62.5 Å². The zero-order valence-corrected chi connectivity index (χ0v) is 59.2. The lowest BCUT2D eigenvalue weighted by Crippen LogP contribution is -2.11. The number of aromatic nitrogens is 2. The first-order valence-electron chi connectivity index (χ1n) is 32.7. The molecule has 23 heteroatoms. The Hall–Kier alpha value is -10.1. The molecule has 0 radical (unpaired) electrons. The van der Waals surface area contributed by atoms with Gasteiger partial charge in [0.15, 0.2) is 11.6 Å². The Kier molecular flexibility index (Phi) is 25.3. The van der Waals surface area contributed by atoms with Gasteiger partial charge >= 0.3 is 23.9 Å². The van der Waals surface area contributed by atoms with Gasteiger partial charge < -0.3 is 38.1 Å². The quantitative estimate of drug-likeness (QED) is 0.00750. The standard InChI is InChI=1S/C78H70Cl4N6O13/c1-7-9-11-13-69(83-98-47(3)89)51-15-25-59(26-16-51)87-73-31-19-53(41-63(73)65-43-55(21-33-75(65)87)77(93)61-29-23-57(79)45-67(61)81)71(85-100-49(5)91)35-37-95-39-40-97-96-38-36-72(86-101-50(6)92)54-20-32-74-64(42-54)66-44-56(78(94)62-30-24-58(80)46-68(62)82)22-34-76(66)88(74)60-27-17-52(18-28-60)70(14-12-10-8-2)84-99-48(4)90/h15-34,36,38,41-46H,7-14,35,37,39-40H2,1-6H3/b38-36-,83-69+,84-70+,85-71-,86-72+. The van der Waals surface area contributed by atoms with Crippen LogP contribution in [-0.2, 0) is 53.0 Å². The van der Waals surface area contributed by atoms with Gasteiger partial charge in [-0.05, 0) is 158 Å².